The predicted molar refractivity (Wildman–Crippen MR) is 75.1 cm³/mol. The first kappa shape index (κ1) is 14.0. The van der Waals surface area contributed by atoms with Gasteiger partial charge in [0, 0.05) is 17.7 Å². The van der Waals surface area contributed by atoms with Crippen LogP contribution in [0.2, 0.25) is 0 Å². The summed E-state index contributed by atoms with van der Waals surface area (Å²) >= 11 is 0. The van der Waals surface area contributed by atoms with Crippen LogP contribution in [-0.2, 0) is 10.2 Å². The van der Waals surface area contributed by atoms with Crippen LogP contribution in [0.15, 0.2) is 34.8 Å². The summed E-state index contributed by atoms with van der Waals surface area (Å²) in [4.78, 5) is 10.5. The molecular weight excluding hydrogens is 256 g/mol. The molecule has 5 nitrogen and oxygen atoms in total. The fourth-order valence-electron chi connectivity index (χ4n) is 1.88. The lowest BCUT2D eigenvalue weighted by molar-refractivity contribution is -0.131. The van der Waals surface area contributed by atoms with E-state index in [1.54, 1.807) is 0 Å². The Kier molecular flexibility index (Phi) is 3.70. The van der Waals surface area contributed by atoms with E-state index in [1.165, 1.54) is 6.08 Å². The fourth-order valence-corrected chi connectivity index (χ4v) is 1.88. The van der Waals surface area contributed by atoms with Gasteiger partial charge in [-0.3, -0.25) is 0 Å². The standard InChI is InChI=1S/C15H16N2O3/c1-15(2,3)11-7-5-4-6-10(11)14-17-16-12(20-14)8-9-13(18)19/h4-9H,1-3H3,(H,18,19)/b9-8+. The van der Waals surface area contributed by atoms with Crippen molar-refractivity contribution in [3.8, 4) is 11.5 Å². The lowest BCUT2D eigenvalue weighted by Crippen LogP contribution is -2.12. The summed E-state index contributed by atoms with van der Waals surface area (Å²) in [7, 11) is 0. The Balaban J connectivity index is 2.41. The molecule has 0 spiro atoms. The highest BCUT2D eigenvalue weighted by atomic mass is 16.4. The Labute approximate surface area is 117 Å². The molecule has 20 heavy (non-hydrogen) atoms. The summed E-state index contributed by atoms with van der Waals surface area (Å²) in [6.45, 7) is 6.31. The quantitative estimate of drug-likeness (QED) is 0.869. The van der Waals surface area contributed by atoms with Crippen LogP contribution in [0.3, 0.4) is 0 Å². The van der Waals surface area contributed by atoms with Crippen molar-refractivity contribution in [2.75, 3.05) is 0 Å². The van der Waals surface area contributed by atoms with Crippen LogP contribution in [0.1, 0.15) is 32.2 Å². The van der Waals surface area contributed by atoms with Gasteiger partial charge in [0.05, 0.1) is 0 Å². The van der Waals surface area contributed by atoms with Crippen molar-refractivity contribution < 1.29 is 14.3 Å². The molecule has 0 aliphatic heterocycles. The third-order valence-electron chi connectivity index (χ3n) is 2.77. The number of aliphatic carboxylic acids is 1. The van der Waals surface area contributed by atoms with Crippen molar-refractivity contribution in [3.05, 3.63) is 41.8 Å². The average Bonchev–Trinajstić information content (AvgIpc) is 2.84. The van der Waals surface area contributed by atoms with Gasteiger partial charge in [0.2, 0.25) is 11.8 Å². The first-order valence-corrected chi connectivity index (χ1v) is 6.22. The van der Waals surface area contributed by atoms with Gasteiger partial charge in [-0.2, -0.15) is 0 Å². The van der Waals surface area contributed by atoms with Crippen molar-refractivity contribution in [2.45, 2.75) is 26.2 Å². The maximum atomic E-state index is 10.5. The summed E-state index contributed by atoms with van der Waals surface area (Å²) in [5, 5.41) is 16.4. The van der Waals surface area contributed by atoms with Crippen LogP contribution < -0.4 is 0 Å². The molecule has 0 atom stereocenters. The number of carboxylic acids is 1. The molecule has 0 bridgehead atoms. The molecule has 104 valence electrons. The van der Waals surface area contributed by atoms with Crippen molar-refractivity contribution in [1.29, 1.82) is 0 Å². The van der Waals surface area contributed by atoms with Crippen LogP contribution in [-0.4, -0.2) is 21.3 Å². The molecular formula is C15H16N2O3. The summed E-state index contributed by atoms with van der Waals surface area (Å²) in [6.07, 6.45) is 2.24. The molecule has 1 heterocycles. The monoisotopic (exact) mass is 272 g/mol. The van der Waals surface area contributed by atoms with Crippen LogP contribution >= 0.6 is 0 Å². The van der Waals surface area contributed by atoms with E-state index in [4.69, 9.17) is 9.52 Å². The lowest BCUT2D eigenvalue weighted by Gasteiger charge is -2.21. The molecule has 0 saturated heterocycles. The van der Waals surface area contributed by atoms with Crippen LogP contribution in [0, 0.1) is 0 Å². The van der Waals surface area contributed by atoms with E-state index in [9.17, 15) is 4.79 Å². The second-order valence-corrected chi connectivity index (χ2v) is 5.41. The van der Waals surface area contributed by atoms with Crippen molar-refractivity contribution in [1.82, 2.24) is 10.2 Å². The van der Waals surface area contributed by atoms with E-state index in [0.717, 1.165) is 17.2 Å². The largest absolute Gasteiger partial charge is 0.478 e. The van der Waals surface area contributed by atoms with Gasteiger partial charge < -0.3 is 9.52 Å². The molecule has 2 rings (SSSR count). The van der Waals surface area contributed by atoms with E-state index in [-0.39, 0.29) is 11.3 Å². The molecule has 0 amide bonds. The van der Waals surface area contributed by atoms with Gasteiger partial charge in [-0.1, -0.05) is 39.0 Å². The zero-order chi connectivity index (χ0) is 14.8. The highest BCUT2D eigenvalue weighted by molar-refractivity contribution is 5.84. The Morgan fingerprint density at radius 1 is 1.25 bits per heavy atom. The zero-order valence-electron chi connectivity index (χ0n) is 11.6. The molecule has 0 unspecified atom stereocenters. The predicted octanol–water partition coefficient (Wildman–Crippen LogP) is 3.13. The van der Waals surface area contributed by atoms with E-state index >= 15 is 0 Å². The Morgan fingerprint density at radius 3 is 2.60 bits per heavy atom. The Hall–Kier alpha value is -2.43. The molecule has 1 N–H and O–H groups in total. The van der Waals surface area contributed by atoms with Gasteiger partial charge in [0.15, 0.2) is 0 Å². The van der Waals surface area contributed by atoms with Gasteiger partial charge in [0.1, 0.15) is 0 Å². The van der Waals surface area contributed by atoms with Crippen molar-refractivity contribution in [2.24, 2.45) is 0 Å². The number of aromatic nitrogens is 2. The van der Waals surface area contributed by atoms with Gasteiger partial charge in [-0.25, -0.2) is 4.79 Å². The Morgan fingerprint density at radius 2 is 1.95 bits per heavy atom. The number of benzene rings is 1. The van der Waals surface area contributed by atoms with Crippen LogP contribution in [0.25, 0.3) is 17.5 Å². The highest BCUT2D eigenvalue weighted by Gasteiger charge is 2.20. The van der Waals surface area contributed by atoms with Gasteiger partial charge >= 0.3 is 5.97 Å². The third-order valence-corrected chi connectivity index (χ3v) is 2.77. The summed E-state index contributed by atoms with van der Waals surface area (Å²) < 4.78 is 5.48. The number of carbonyl (C=O) groups is 1. The molecule has 0 fully saturated rings. The first-order chi connectivity index (χ1) is 9.38. The molecule has 5 heteroatoms. The number of carboxylic acid groups (broad SMARTS) is 1. The molecule has 0 aliphatic carbocycles. The topological polar surface area (TPSA) is 76.2 Å². The summed E-state index contributed by atoms with van der Waals surface area (Å²) in [6, 6.07) is 7.80. The van der Waals surface area contributed by atoms with Gasteiger partial charge in [-0.05, 0) is 17.0 Å². The smallest absolute Gasteiger partial charge is 0.328 e. The summed E-state index contributed by atoms with van der Waals surface area (Å²) in [5.74, 6) is -0.494. The number of nitrogens with zero attached hydrogens (tertiary/aromatic N) is 2. The number of hydrogen-bond donors (Lipinski definition) is 1. The van der Waals surface area contributed by atoms with Crippen molar-refractivity contribution >= 4 is 12.0 Å². The molecule has 2 aromatic rings. The minimum atomic E-state index is -1.06. The molecule has 1 aromatic heterocycles. The van der Waals surface area contributed by atoms with E-state index < -0.39 is 5.97 Å². The second kappa shape index (κ2) is 5.28. The third kappa shape index (κ3) is 3.12. The SMILES string of the molecule is CC(C)(C)c1ccccc1-c1nnc(/C=C/C(=O)O)o1. The normalized spacial score (nSPS) is 11.9. The van der Waals surface area contributed by atoms with Gasteiger partial charge in [-0.15, -0.1) is 10.2 Å². The first-order valence-electron chi connectivity index (χ1n) is 6.22. The molecule has 0 saturated carbocycles. The second-order valence-electron chi connectivity index (χ2n) is 5.41. The van der Waals surface area contributed by atoms with Crippen LogP contribution in [0.4, 0.5) is 0 Å². The average molecular weight is 272 g/mol. The minimum absolute atomic E-state index is 0.0534. The maximum absolute atomic E-state index is 10.5. The van der Waals surface area contributed by atoms with Gasteiger partial charge in [0.25, 0.3) is 0 Å². The zero-order valence-corrected chi connectivity index (χ0v) is 11.6. The van der Waals surface area contributed by atoms with Crippen molar-refractivity contribution in [3.63, 3.8) is 0 Å². The molecule has 0 aliphatic rings. The number of hydrogen-bond acceptors (Lipinski definition) is 4. The van der Waals surface area contributed by atoms with E-state index in [2.05, 4.69) is 31.0 Å². The highest BCUT2D eigenvalue weighted by Crippen LogP contribution is 2.32. The van der Waals surface area contributed by atoms with Crippen LogP contribution in [0.5, 0.6) is 0 Å². The minimum Gasteiger partial charge on any atom is -0.478 e. The van der Waals surface area contributed by atoms with E-state index in [1.807, 2.05) is 24.3 Å². The molecule has 0 radical (unpaired) electrons. The summed E-state index contributed by atoms with van der Waals surface area (Å²) in [5.41, 5.74) is 1.90. The Bertz CT molecular complexity index is 651. The van der Waals surface area contributed by atoms with E-state index in [0.29, 0.717) is 5.89 Å². The number of rotatable bonds is 3. The molecule has 1 aromatic carbocycles. The maximum Gasteiger partial charge on any atom is 0.328 e. The lowest BCUT2D eigenvalue weighted by atomic mass is 9.84. The fraction of sp³-hybridized carbons (Fsp3) is 0.267.